The second kappa shape index (κ2) is 8.47. The first kappa shape index (κ1) is 21.8. The van der Waals surface area contributed by atoms with E-state index in [1.165, 1.54) is 36.7 Å². The number of carbonyl (C=O) groups excluding carboxylic acids is 1. The second-order valence-corrected chi connectivity index (χ2v) is 8.86. The van der Waals surface area contributed by atoms with Gasteiger partial charge in [-0.3, -0.25) is 9.69 Å². The van der Waals surface area contributed by atoms with E-state index in [-0.39, 0.29) is 34.8 Å². The van der Waals surface area contributed by atoms with Gasteiger partial charge in [0.05, 0.1) is 18.0 Å². The van der Waals surface area contributed by atoms with Gasteiger partial charge < -0.3 is 10.5 Å². The molecule has 0 spiro atoms. The number of aromatic nitrogens is 4. The Hall–Kier alpha value is -3.76. The van der Waals surface area contributed by atoms with Crippen molar-refractivity contribution in [3.8, 4) is 11.3 Å². The molecule has 35 heavy (non-hydrogen) atoms. The van der Waals surface area contributed by atoms with Crippen LogP contribution in [-0.2, 0) is 4.74 Å². The van der Waals surface area contributed by atoms with Crippen LogP contribution in [0.1, 0.15) is 34.8 Å². The summed E-state index contributed by atoms with van der Waals surface area (Å²) >= 11 is 0. The van der Waals surface area contributed by atoms with Crippen LogP contribution in [0.4, 0.5) is 14.6 Å². The molecule has 2 atom stereocenters. The molecule has 178 valence electrons. The highest BCUT2D eigenvalue weighted by molar-refractivity contribution is 6.09. The lowest BCUT2D eigenvalue weighted by Crippen LogP contribution is -2.38. The Morgan fingerprint density at radius 1 is 1.11 bits per heavy atom. The summed E-state index contributed by atoms with van der Waals surface area (Å²) in [6.07, 6.45) is 3.40. The molecule has 0 aliphatic carbocycles. The first-order chi connectivity index (χ1) is 17.0. The largest absolute Gasteiger partial charge is 0.383 e. The maximum atomic E-state index is 15.4. The van der Waals surface area contributed by atoms with Crippen LogP contribution in [0.25, 0.3) is 22.3 Å². The fourth-order valence-electron chi connectivity index (χ4n) is 4.78. The molecular weight excluding hydrogens is 454 g/mol. The molecule has 0 saturated carbocycles. The summed E-state index contributed by atoms with van der Waals surface area (Å²) in [5.41, 5.74) is 7.49. The molecule has 2 aromatic heterocycles. The summed E-state index contributed by atoms with van der Waals surface area (Å²) in [7, 11) is 0. The van der Waals surface area contributed by atoms with Gasteiger partial charge in [-0.1, -0.05) is 18.2 Å². The number of rotatable bonds is 5. The van der Waals surface area contributed by atoms with Gasteiger partial charge in [0.2, 0.25) is 0 Å². The lowest BCUT2D eigenvalue weighted by atomic mass is 10.00. The molecule has 0 radical (unpaired) electrons. The van der Waals surface area contributed by atoms with Crippen LogP contribution < -0.4 is 5.73 Å². The van der Waals surface area contributed by atoms with Gasteiger partial charge in [-0.15, -0.1) is 0 Å². The van der Waals surface area contributed by atoms with Crippen molar-refractivity contribution in [2.45, 2.75) is 25.1 Å². The fourth-order valence-corrected chi connectivity index (χ4v) is 4.78. The van der Waals surface area contributed by atoms with Gasteiger partial charge in [0.1, 0.15) is 35.7 Å². The molecule has 2 unspecified atom stereocenters. The highest BCUT2D eigenvalue weighted by atomic mass is 19.1. The van der Waals surface area contributed by atoms with E-state index in [1.54, 1.807) is 0 Å². The van der Waals surface area contributed by atoms with Crippen molar-refractivity contribution in [1.82, 2.24) is 24.6 Å². The number of ketones is 1. The molecule has 2 aliphatic rings. The maximum Gasteiger partial charge on any atom is 0.193 e. The Morgan fingerprint density at radius 2 is 1.94 bits per heavy atom. The van der Waals surface area contributed by atoms with E-state index in [9.17, 15) is 9.18 Å². The predicted octanol–water partition coefficient (Wildman–Crippen LogP) is 3.58. The number of piperidine rings is 1. The highest BCUT2D eigenvalue weighted by Crippen LogP contribution is 2.36. The molecule has 2 fully saturated rings. The van der Waals surface area contributed by atoms with Gasteiger partial charge in [0.25, 0.3) is 0 Å². The summed E-state index contributed by atoms with van der Waals surface area (Å²) in [5.74, 6) is -1.44. The molecule has 8 nitrogen and oxygen atoms in total. The third-order valence-corrected chi connectivity index (χ3v) is 6.59. The SMILES string of the molecule is Nc1ncnc2c1c(-c1ccc(C(=O)c3cccc(F)c3)cc1F)nn2C1CCCN(C2CO2)C1. The molecule has 2 aliphatic heterocycles. The molecule has 4 aromatic rings. The molecule has 2 N–H and O–H groups in total. The monoisotopic (exact) mass is 476 g/mol. The number of hydrogen-bond donors (Lipinski definition) is 1. The average Bonchev–Trinajstić information content (AvgIpc) is 3.64. The third-order valence-electron chi connectivity index (χ3n) is 6.59. The molecular formula is C25H22F2N6O2. The Bertz CT molecular complexity index is 1450. The van der Waals surface area contributed by atoms with Crippen LogP contribution in [0.5, 0.6) is 0 Å². The van der Waals surface area contributed by atoms with Crippen molar-refractivity contribution in [2.24, 2.45) is 0 Å². The van der Waals surface area contributed by atoms with Gasteiger partial charge in [-0.2, -0.15) is 5.10 Å². The van der Waals surface area contributed by atoms with E-state index < -0.39 is 17.4 Å². The maximum absolute atomic E-state index is 15.4. The zero-order valence-corrected chi connectivity index (χ0v) is 18.7. The van der Waals surface area contributed by atoms with Crippen molar-refractivity contribution in [3.05, 3.63) is 71.6 Å². The number of likely N-dealkylation sites (tertiary alicyclic amines) is 1. The average molecular weight is 476 g/mol. The molecule has 10 heteroatoms. The molecule has 2 saturated heterocycles. The van der Waals surface area contributed by atoms with Crippen LogP contribution >= 0.6 is 0 Å². The molecule has 6 rings (SSSR count). The standard InChI is InChI=1S/C25H22F2N6O2/c26-16-4-1-3-14(9-16)23(34)15-6-7-18(19(27)10-15)22-21-24(28)29-13-30-25(21)33(31-22)17-5-2-8-32(11-17)20-12-35-20/h1,3-4,6-7,9-10,13,17,20H,2,5,8,11-12H2,(H2,28,29,30). The second-order valence-electron chi connectivity index (χ2n) is 8.86. The van der Waals surface area contributed by atoms with Crippen molar-refractivity contribution in [3.63, 3.8) is 0 Å². The first-order valence-electron chi connectivity index (χ1n) is 11.4. The van der Waals surface area contributed by atoms with Gasteiger partial charge in [0.15, 0.2) is 11.4 Å². The molecule has 0 bridgehead atoms. The number of nitrogen functional groups attached to an aromatic ring is 1. The molecule has 2 aromatic carbocycles. The number of hydrogen-bond acceptors (Lipinski definition) is 7. The summed E-state index contributed by atoms with van der Waals surface area (Å²) in [5, 5.41) is 5.22. The normalized spacial score (nSPS) is 20.3. The van der Waals surface area contributed by atoms with Crippen LogP contribution in [-0.4, -0.2) is 56.4 Å². The number of benzene rings is 2. The summed E-state index contributed by atoms with van der Waals surface area (Å²) < 4.78 is 36.2. The topological polar surface area (TPSA) is 102 Å². The van der Waals surface area contributed by atoms with Gasteiger partial charge >= 0.3 is 0 Å². The zero-order valence-electron chi connectivity index (χ0n) is 18.7. The first-order valence-corrected chi connectivity index (χ1v) is 11.4. The van der Waals surface area contributed by atoms with E-state index in [1.807, 2.05) is 4.68 Å². The van der Waals surface area contributed by atoms with Crippen molar-refractivity contribution in [2.75, 3.05) is 25.4 Å². The highest BCUT2D eigenvalue weighted by Gasteiger charge is 2.35. The van der Waals surface area contributed by atoms with Crippen LogP contribution in [0.15, 0.2) is 48.8 Å². The Morgan fingerprint density at radius 3 is 2.71 bits per heavy atom. The fraction of sp³-hybridized carbons (Fsp3) is 0.280. The smallest absolute Gasteiger partial charge is 0.193 e. The van der Waals surface area contributed by atoms with Crippen molar-refractivity contribution < 1.29 is 18.3 Å². The van der Waals surface area contributed by atoms with Crippen molar-refractivity contribution >= 4 is 22.6 Å². The summed E-state index contributed by atoms with van der Waals surface area (Å²) in [4.78, 5) is 23.6. The molecule has 0 amide bonds. The Balaban J connectivity index is 1.40. The van der Waals surface area contributed by atoms with Gasteiger partial charge in [-0.05, 0) is 37.1 Å². The number of fused-ring (bicyclic) bond motifs is 1. The van der Waals surface area contributed by atoms with E-state index in [0.29, 0.717) is 16.7 Å². The van der Waals surface area contributed by atoms with E-state index in [0.717, 1.165) is 44.7 Å². The lowest BCUT2D eigenvalue weighted by Gasteiger charge is -2.31. The minimum atomic E-state index is -0.640. The minimum absolute atomic E-state index is 0.0235. The molecule has 4 heterocycles. The van der Waals surface area contributed by atoms with Crippen LogP contribution in [0.2, 0.25) is 0 Å². The predicted molar refractivity (Wildman–Crippen MR) is 125 cm³/mol. The van der Waals surface area contributed by atoms with E-state index in [4.69, 9.17) is 15.6 Å². The van der Waals surface area contributed by atoms with Crippen LogP contribution in [0, 0.1) is 11.6 Å². The van der Waals surface area contributed by atoms with E-state index >= 15 is 4.39 Å². The Labute approximate surface area is 199 Å². The van der Waals surface area contributed by atoms with Crippen molar-refractivity contribution in [1.29, 1.82) is 0 Å². The third kappa shape index (κ3) is 3.94. The minimum Gasteiger partial charge on any atom is -0.383 e. The number of nitrogens with two attached hydrogens (primary N) is 1. The number of epoxide rings is 1. The number of nitrogens with zero attached hydrogens (tertiary/aromatic N) is 5. The number of carbonyl (C=O) groups is 1. The van der Waals surface area contributed by atoms with Crippen LogP contribution in [0.3, 0.4) is 0 Å². The van der Waals surface area contributed by atoms with Gasteiger partial charge in [-0.25, -0.2) is 23.4 Å². The number of halogens is 2. The number of ether oxygens (including phenoxy) is 1. The summed E-state index contributed by atoms with van der Waals surface area (Å²) in [6, 6.07) is 9.46. The number of anilines is 1. The van der Waals surface area contributed by atoms with E-state index in [2.05, 4.69) is 14.9 Å². The Kier molecular flexibility index (Phi) is 5.27. The zero-order chi connectivity index (χ0) is 24.1. The lowest BCUT2D eigenvalue weighted by molar-refractivity contribution is 0.103. The summed E-state index contributed by atoms with van der Waals surface area (Å²) in [6.45, 7) is 2.44. The van der Waals surface area contributed by atoms with Gasteiger partial charge in [0, 0.05) is 29.8 Å². The quantitative estimate of drug-likeness (QED) is 0.347.